The molecule has 0 bridgehead atoms. The van der Waals surface area contributed by atoms with Crippen LogP contribution in [-0.2, 0) is 48.2 Å². The fraction of sp³-hybridized carbons (Fsp3) is 0.603. The first-order chi connectivity index (χ1) is 47.0. The van der Waals surface area contributed by atoms with E-state index < -0.39 is 60.3 Å². The van der Waals surface area contributed by atoms with E-state index in [-0.39, 0.29) is 55.5 Å². The monoisotopic (exact) mass is 1450 g/mol. The molecule has 0 atom stereocenters. The third-order valence-corrected chi connectivity index (χ3v) is 18.2. The van der Waals surface area contributed by atoms with Crippen molar-refractivity contribution in [1.29, 1.82) is 0 Å². The Hall–Kier alpha value is -7.65. The summed E-state index contributed by atoms with van der Waals surface area (Å²) in [5, 5.41) is 0. The summed E-state index contributed by atoms with van der Waals surface area (Å²) in [5.74, 6) is 1.06. The molecule has 3 saturated heterocycles. The van der Waals surface area contributed by atoms with Crippen molar-refractivity contribution < 1.29 is 105 Å². The number of hydrogen-bond donors (Lipinski definition) is 0. The molecular weight excluding hydrogens is 1350 g/mol. The summed E-state index contributed by atoms with van der Waals surface area (Å²) in [6.45, 7) is 19.0. The van der Waals surface area contributed by atoms with Crippen LogP contribution in [0.15, 0.2) is 84.9 Å². The number of anilines is 2. The number of esters is 2. The number of likely N-dealkylation sites (tertiary alicyclic amines) is 3. The Morgan fingerprint density at radius 3 is 1.30 bits per heavy atom. The van der Waals surface area contributed by atoms with Crippen LogP contribution in [0.3, 0.4) is 0 Å². The highest BCUT2D eigenvalue weighted by atomic mass is 19.4. The molecule has 0 unspecified atom stereocenters. The van der Waals surface area contributed by atoms with E-state index >= 15 is 0 Å². The summed E-state index contributed by atoms with van der Waals surface area (Å²) in [7, 11) is 3.25. The fourth-order valence-corrected chi connectivity index (χ4v) is 13.1. The van der Waals surface area contributed by atoms with E-state index in [2.05, 4.69) is 36.3 Å². The van der Waals surface area contributed by atoms with E-state index in [1.807, 2.05) is 128 Å². The summed E-state index contributed by atoms with van der Waals surface area (Å²) < 4.78 is 181. The molecule has 2 amide bonds. The number of halogens is 12. The van der Waals surface area contributed by atoms with E-state index in [0.717, 1.165) is 112 Å². The molecule has 1 aliphatic carbocycles. The highest BCUT2D eigenvalue weighted by Crippen LogP contribution is 2.47. The average molecular weight is 1450 g/mol. The van der Waals surface area contributed by atoms with E-state index in [1.165, 1.54) is 0 Å². The largest absolute Gasteiger partial charge is 0.497 e. The van der Waals surface area contributed by atoms with E-state index in [9.17, 15) is 76.7 Å². The van der Waals surface area contributed by atoms with Crippen molar-refractivity contribution in [2.24, 2.45) is 5.41 Å². The number of carbonyl (C=O) groups excluding carboxylic acids is 5. The first-order valence-electron chi connectivity index (χ1n) is 33.8. The third kappa shape index (κ3) is 25.4. The first kappa shape index (κ1) is 82.3. The van der Waals surface area contributed by atoms with Crippen molar-refractivity contribution in [2.75, 3.05) is 69.8 Å². The van der Waals surface area contributed by atoms with Gasteiger partial charge in [0.15, 0.2) is 6.29 Å². The standard InChI is InChI=1S/C36H47F6N3O5.C24H31NO4.C13H17F6NO2/c1-25-9-12-27(29(22-25)44(18-6-8-30(46)50-33(2,3)4)23-26-10-13-28(48-5)14-11-26)24-45-19-7-15-34(45)16-20-43(21-17-34)32(47)49-31(35(37,38)39)36(40,41)42;1-18-8-11-20(17-26)22(15-18)25(14-6-7-23(27)29-24(2,3)4)16-19-9-12-21(28-5)13-10-19;14-12(15,16)9(13(17,18)19)22-10(21)20-7-5-11(6-8-20)3-1-2-4-11/h9-14,22,31H,6-8,15-21,23-24H2,1-5H3;8-13,15,17H,6-7,14,16H2,1-5H3;9H,1-8H2. The van der Waals surface area contributed by atoms with Gasteiger partial charge < -0.3 is 48.0 Å². The van der Waals surface area contributed by atoms with Crippen LogP contribution >= 0.6 is 0 Å². The molecule has 562 valence electrons. The molecule has 16 nitrogen and oxygen atoms in total. The first-order valence-corrected chi connectivity index (χ1v) is 33.8. The summed E-state index contributed by atoms with van der Waals surface area (Å²) in [6, 6.07) is 27.7. The van der Waals surface area contributed by atoms with Crippen molar-refractivity contribution in [3.05, 3.63) is 118 Å². The zero-order chi connectivity index (χ0) is 74.9. The predicted molar refractivity (Wildman–Crippen MR) is 356 cm³/mol. The number of ether oxygens (including phenoxy) is 6. The number of methoxy groups -OCH3 is 2. The Balaban J connectivity index is 0.000000265. The molecule has 3 aliphatic heterocycles. The van der Waals surface area contributed by atoms with Crippen LogP contribution in [-0.4, -0.2) is 159 Å². The molecule has 28 heteroatoms. The maximum absolute atomic E-state index is 13.0. The number of nitrogens with zero attached hydrogens (tertiary/aromatic N) is 5. The van der Waals surface area contributed by atoms with Gasteiger partial charge in [-0.15, -0.1) is 0 Å². The molecule has 0 N–H and O–H groups in total. The van der Waals surface area contributed by atoms with Gasteiger partial charge in [0.1, 0.15) is 22.7 Å². The van der Waals surface area contributed by atoms with Crippen molar-refractivity contribution >= 4 is 41.8 Å². The third-order valence-electron chi connectivity index (χ3n) is 18.2. The number of hydrogen-bond acceptors (Lipinski definition) is 14. The lowest BCUT2D eigenvalue weighted by Gasteiger charge is -2.45. The normalized spacial score (nSPS) is 16.4. The maximum Gasteiger partial charge on any atom is 0.434 e. The highest BCUT2D eigenvalue weighted by Gasteiger charge is 2.62. The zero-order valence-corrected chi connectivity index (χ0v) is 59.0. The van der Waals surface area contributed by atoms with Gasteiger partial charge in [-0.25, -0.2) is 9.59 Å². The number of aldehydes is 1. The van der Waals surface area contributed by atoms with Crippen molar-refractivity contribution in [3.63, 3.8) is 0 Å². The second-order valence-electron chi connectivity index (χ2n) is 28.4. The topological polar surface area (TPSA) is 157 Å². The molecular formula is C73H95F12N5O11. The number of alkyl halides is 12. The van der Waals surface area contributed by atoms with Gasteiger partial charge in [-0.1, -0.05) is 55.3 Å². The molecule has 3 heterocycles. The Labute approximate surface area is 583 Å². The Kier molecular flexibility index (Phi) is 28.5. The minimum atomic E-state index is -5.77. The molecule has 0 aromatic heterocycles. The summed E-state index contributed by atoms with van der Waals surface area (Å²) in [6.07, 6.45) is -23.9. The molecule has 2 spiro atoms. The number of piperidine rings is 2. The smallest absolute Gasteiger partial charge is 0.434 e. The maximum atomic E-state index is 13.0. The van der Waals surface area contributed by atoms with Crippen LogP contribution in [0, 0.1) is 19.3 Å². The van der Waals surface area contributed by atoms with Crippen molar-refractivity contribution in [1.82, 2.24) is 14.7 Å². The fourth-order valence-electron chi connectivity index (χ4n) is 13.1. The van der Waals surface area contributed by atoms with Gasteiger partial charge in [0.05, 0.1) is 14.2 Å². The van der Waals surface area contributed by atoms with E-state index in [0.29, 0.717) is 83.2 Å². The number of benzene rings is 4. The van der Waals surface area contributed by atoms with Gasteiger partial charge in [-0.3, -0.25) is 19.3 Å². The molecule has 0 radical (unpaired) electrons. The molecule has 1 saturated carbocycles. The van der Waals surface area contributed by atoms with Gasteiger partial charge in [0.2, 0.25) is 0 Å². The van der Waals surface area contributed by atoms with Crippen LogP contribution in [0.5, 0.6) is 11.5 Å². The lowest BCUT2D eigenvalue weighted by Crippen LogP contribution is -2.54. The van der Waals surface area contributed by atoms with Crippen LogP contribution in [0.1, 0.15) is 170 Å². The number of amides is 2. The van der Waals surface area contributed by atoms with Gasteiger partial charge in [-0.05, 0) is 202 Å². The Bertz CT molecular complexity index is 3300. The van der Waals surface area contributed by atoms with Crippen LogP contribution in [0.4, 0.5) is 73.6 Å². The molecule has 101 heavy (non-hydrogen) atoms. The summed E-state index contributed by atoms with van der Waals surface area (Å²) in [5.41, 5.74) is 6.50. The van der Waals surface area contributed by atoms with Crippen molar-refractivity contribution in [2.45, 2.75) is 219 Å². The molecule has 4 aromatic carbocycles. The lowest BCUT2D eigenvalue weighted by atomic mass is 9.77. The van der Waals surface area contributed by atoms with Crippen molar-refractivity contribution in [3.8, 4) is 11.5 Å². The highest BCUT2D eigenvalue weighted by molar-refractivity contribution is 5.85. The molecule has 4 aliphatic rings. The van der Waals surface area contributed by atoms with Crippen LogP contribution in [0.25, 0.3) is 0 Å². The second-order valence-corrected chi connectivity index (χ2v) is 28.4. The minimum Gasteiger partial charge on any atom is -0.497 e. The summed E-state index contributed by atoms with van der Waals surface area (Å²) in [4.78, 5) is 68.9. The van der Waals surface area contributed by atoms with Gasteiger partial charge >= 0.3 is 48.8 Å². The SMILES string of the molecule is COc1ccc(CN(CCCC(=O)OC(C)(C)C)c2cc(C)ccc2C=O)cc1.COc1ccc(CN(CCCC(=O)OC(C)(C)C)c2cc(C)ccc2CN2CCCC23CCN(C(=O)OC(C(F)(F)F)C(F)(F)F)CC3)cc1.O=C(OC(C(F)(F)F)C(F)(F)F)N1CCC2(CCCC2)CC1. The average Bonchev–Trinajstić information content (AvgIpc) is 1.72. The van der Waals surface area contributed by atoms with E-state index in [4.69, 9.17) is 18.9 Å². The molecule has 4 fully saturated rings. The minimum absolute atomic E-state index is 0.0210. The number of aryl methyl sites for hydroxylation is 2. The summed E-state index contributed by atoms with van der Waals surface area (Å²) >= 11 is 0. The quantitative estimate of drug-likeness (QED) is 0.0336. The zero-order valence-electron chi connectivity index (χ0n) is 59.0. The van der Waals surface area contributed by atoms with Gasteiger partial charge in [0.25, 0.3) is 12.2 Å². The van der Waals surface area contributed by atoms with Crippen LogP contribution < -0.4 is 19.3 Å². The lowest BCUT2D eigenvalue weighted by molar-refractivity contribution is -0.309. The second kappa shape index (κ2) is 35.0. The number of carbonyl (C=O) groups is 5. The molecule has 8 rings (SSSR count). The number of rotatable bonds is 21. The predicted octanol–water partition coefficient (Wildman–Crippen LogP) is 17.4. The molecule has 4 aromatic rings. The Morgan fingerprint density at radius 1 is 0.505 bits per heavy atom. The van der Waals surface area contributed by atoms with E-state index in [1.54, 1.807) is 14.2 Å². The van der Waals surface area contributed by atoms with Crippen LogP contribution in [0.2, 0.25) is 0 Å². The van der Waals surface area contributed by atoms with Gasteiger partial charge in [0, 0.05) is 94.2 Å². The Morgan fingerprint density at radius 2 is 0.901 bits per heavy atom. The van der Waals surface area contributed by atoms with Gasteiger partial charge in [-0.2, -0.15) is 52.7 Å².